The van der Waals surface area contributed by atoms with Crippen LogP contribution in [0.4, 0.5) is 0 Å². The van der Waals surface area contributed by atoms with E-state index in [1.54, 1.807) is 6.08 Å². The quantitative estimate of drug-likeness (QED) is 0.322. The first kappa shape index (κ1) is 18.6. The van der Waals surface area contributed by atoms with Gasteiger partial charge in [0, 0.05) is 10.0 Å². The fourth-order valence-corrected chi connectivity index (χ4v) is 3.08. The third kappa shape index (κ3) is 4.92. The normalized spacial score (nSPS) is 15.2. The number of esters is 1. The average Bonchev–Trinajstić information content (AvgIpc) is 3.02. The van der Waals surface area contributed by atoms with Crippen molar-refractivity contribution >= 4 is 33.9 Å². The number of cyclic esters (lactones) is 1. The van der Waals surface area contributed by atoms with E-state index in [9.17, 15) is 4.79 Å². The van der Waals surface area contributed by atoms with E-state index in [1.807, 2.05) is 36.4 Å². The molecule has 0 unspecified atom stereocenters. The van der Waals surface area contributed by atoms with E-state index in [2.05, 4.69) is 40.0 Å². The summed E-state index contributed by atoms with van der Waals surface area (Å²) >= 11 is 3.40. The highest BCUT2D eigenvalue weighted by Gasteiger charge is 2.24. The van der Waals surface area contributed by atoms with E-state index in [0.717, 1.165) is 22.0 Å². The number of unbranched alkanes of at least 4 members (excludes halogenated alkanes) is 3. The Morgan fingerprint density at radius 2 is 1.73 bits per heavy atom. The standard InChI is InChI=1S/C22H22BrNO2/c1-2-3-4-5-6-16-7-11-18(12-8-16)21-24-20(22(25)26-21)15-17-9-13-19(23)14-10-17/h7-15H,2-6H2,1H3. The molecule has 0 saturated carbocycles. The van der Waals surface area contributed by atoms with Crippen molar-refractivity contribution in [2.45, 2.75) is 39.0 Å². The first-order valence-corrected chi connectivity index (χ1v) is 9.82. The summed E-state index contributed by atoms with van der Waals surface area (Å²) in [6, 6.07) is 15.8. The van der Waals surface area contributed by atoms with Gasteiger partial charge in [0.15, 0.2) is 5.70 Å². The molecule has 26 heavy (non-hydrogen) atoms. The fraction of sp³-hybridized carbons (Fsp3) is 0.273. The minimum Gasteiger partial charge on any atom is -0.402 e. The molecule has 0 atom stereocenters. The molecule has 0 saturated heterocycles. The van der Waals surface area contributed by atoms with Crippen molar-refractivity contribution in [3.8, 4) is 0 Å². The van der Waals surface area contributed by atoms with Crippen LogP contribution in [0, 0.1) is 0 Å². The second-order valence-electron chi connectivity index (χ2n) is 6.40. The molecule has 1 heterocycles. The van der Waals surface area contributed by atoms with Crippen molar-refractivity contribution in [3.05, 3.63) is 75.4 Å². The van der Waals surface area contributed by atoms with Crippen molar-refractivity contribution in [2.75, 3.05) is 0 Å². The molecular weight excluding hydrogens is 390 g/mol. The molecule has 1 aliphatic rings. The number of rotatable bonds is 7. The van der Waals surface area contributed by atoms with Gasteiger partial charge in [0.05, 0.1) is 0 Å². The molecule has 2 aromatic rings. The Morgan fingerprint density at radius 1 is 1.00 bits per heavy atom. The molecule has 0 amide bonds. The predicted octanol–water partition coefficient (Wildman–Crippen LogP) is 5.92. The monoisotopic (exact) mass is 411 g/mol. The van der Waals surface area contributed by atoms with E-state index in [-0.39, 0.29) is 0 Å². The van der Waals surface area contributed by atoms with Gasteiger partial charge >= 0.3 is 5.97 Å². The van der Waals surface area contributed by atoms with Crippen LogP contribution in [-0.2, 0) is 16.0 Å². The highest BCUT2D eigenvalue weighted by Crippen LogP contribution is 2.21. The van der Waals surface area contributed by atoms with Crippen molar-refractivity contribution < 1.29 is 9.53 Å². The maximum atomic E-state index is 12.1. The summed E-state index contributed by atoms with van der Waals surface area (Å²) in [4.78, 5) is 16.5. The molecule has 4 heteroatoms. The first-order chi connectivity index (χ1) is 12.7. The summed E-state index contributed by atoms with van der Waals surface area (Å²) < 4.78 is 6.34. The summed E-state index contributed by atoms with van der Waals surface area (Å²) in [7, 11) is 0. The van der Waals surface area contributed by atoms with Crippen molar-refractivity contribution in [1.82, 2.24) is 0 Å². The molecule has 0 N–H and O–H groups in total. The van der Waals surface area contributed by atoms with Crippen LogP contribution in [0.5, 0.6) is 0 Å². The van der Waals surface area contributed by atoms with Gasteiger partial charge in [-0.05, 0) is 54.3 Å². The van der Waals surface area contributed by atoms with E-state index in [0.29, 0.717) is 11.6 Å². The lowest BCUT2D eigenvalue weighted by Crippen LogP contribution is -2.05. The number of aryl methyl sites for hydroxylation is 1. The number of ether oxygens (including phenoxy) is 1. The number of halogens is 1. The molecule has 0 spiro atoms. The number of nitrogens with zero attached hydrogens (tertiary/aromatic N) is 1. The van der Waals surface area contributed by atoms with Crippen molar-refractivity contribution in [3.63, 3.8) is 0 Å². The molecule has 1 aliphatic heterocycles. The largest absolute Gasteiger partial charge is 0.402 e. The highest BCUT2D eigenvalue weighted by molar-refractivity contribution is 9.10. The second-order valence-corrected chi connectivity index (χ2v) is 7.31. The second kappa shape index (κ2) is 8.95. The molecule has 134 valence electrons. The van der Waals surface area contributed by atoms with E-state index in [4.69, 9.17) is 4.74 Å². The number of benzene rings is 2. The molecule has 0 radical (unpaired) electrons. The molecular formula is C22H22BrNO2. The summed E-state index contributed by atoms with van der Waals surface area (Å²) in [5.74, 6) is -0.0394. The summed E-state index contributed by atoms with van der Waals surface area (Å²) in [6.07, 6.45) is 7.85. The Hall–Kier alpha value is -2.20. The maximum Gasteiger partial charge on any atom is 0.363 e. The fourth-order valence-electron chi connectivity index (χ4n) is 2.82. The zero-order valence-corrected chi connectivity index (χ0v) is 16.5. The van der Waals surface area contributed by atoms with Gasteiger partial charge < -0.3 is 4.74 Å². The highest BCUT2D eigenvalue weighted by atomic mass is 79.9. The Labute approximate surface area is 162 Å². The smallest absolute Gasteiger partial charge is 0.363 e. The van der Waals surface area contributed by atoms with Gasteiger partial charge in [-0.1, -0.05) is 66.4 Å². The minimum atomic E-state index is -0.411. The Balaban J connectivity index is 1.69. The molecule has 0 fully saturated rings. The van der Waals surface area contributed by atoms with Gasteiger partial charge in [-0.2, -0.15) is 0 Å². The average molecular weight is 412 g/mol. The third-order valence-electron chi connectivity index (χ3n) is 4.31. The first-order valence-electron chi connectivity index (χ1n) is 9.03. The van der Waals surface area contributed by atoms with Crippen LogP contribution in [0.15, 0.2) is 63.7 Å². The maximum absolute atomic E-state index is 12.1. The van der Waals surface area contributed by atoms with Gasteiger partial charge in [0.2, 0.25) is 5.90 Å². The Morgan fingerprint density at radius 3 is 2.42 bits per heavy atom. The molecule has 2 aromatic carbocycles. The van der Waals surface area contributed by atoms with Gasteiger partial charge in [-0.3, -0.25) is 0 Å². The summed E-state index contributed by atoms with van der Waals surface area (Å²) in [5.41, 5.74) is 3.37. The van der Waals surface area contributed by atoms with Crippen LogP contribution in [0.2, 0.25) is 0 Å². The van der Waals surface area contributed by atoms with Crippen molar-refractivity contribution in [1.29, 1.82) is 0 Å². The summed E-state index contributed by atoms with van der Waals surface area (Å²) in [5, 5.41) is 0. The van der Waals surface area contributed by atoms with Crippen LogP contribution in [0.1, 0.15) is 49.3 Å². The zero-order valence-electron chi connectivity index (χ0n) is 14.9. The SMILES string of the molecule is CCCCCCc1ccc(C2=NC(=Cc3ccc(Br)cc3)C(=O)O2)cc1. The van der Waals surface area contributed by atoms with Crippen LogP contribution in [0.25, 0.3) is 6.08 Å². The lowest BCUT2D eigenvalue weighted by molar-refractivity contribution is -0.129. The van der Waals surface area contributed by atoms with E-state index < -0.39 is 5.97 Å². The zero-order chi connectivity index (χ0) is 18.4. The predicted molar refractivity (Wildman–Crippen MR) is 109 cm³/mol. The molecule has 0 bridgehead atoms. The number of aliphatic imine (C=N–C) groups is 1. The van der Waals surface area contributed by atoms with Gasteiger partial charge in [-0.15, -0.1) is 0 Å². The van der Waals surface area contributed by atoms with Gasteiger partial charge in [0.25, 0.3) is 0 Å². The number of hydrogen-bond donors (Lipinski definition) is 0. The van der Waals surface area contributed by atoms with E-state index >= 15 is 0 Å². The number of carbonyl (C=O) groups excluding carboxylic acids is 1. The minimum absolute atomic E-state index is 0.325. The molecule has 0 aliphatic carbocycles. The Bertz CT molecular complexity index is 820. The molecule has 0 aromatic heterocycles. The van der Waals surface area contributed by atoms with Crippen LogP contribution >= 0.6 is 15.9 Å². The van der Waals surface area contributed by atoms with Crippen LogP contribution in [0.3, 0.4) is 0 Å². The summed E-state index contributed by atoms with van der Waals surface area (Å²) in [6.45, 7) is 2.22. The topological polar surface area (TPSA) is 38.7 Å². The van der Waals surface area contributed by atoms with Gasteiger partial charge in [-0.25, -0.2) is 9.79 Å². The van der Waals surface area contributed by atoms with Crippen LogP contribution in [-0.4, -0.2) is 11.9 Å². The number of hydrogen-bond acceptors (Lipinski definition) is 3. The lowest BCUT2D eigenvalue weighted by Gasteiger charge is -2.03. The van der Waals surface area contributed by atoms with Gasteiger partial charge in [0.1, 0.15) is 0 Å². The number of carbonyl (C=O) groups is 1. The Kier molecular flexibility index (Phi) is 6.40. The molecule has 3 nitrogen and oxygen atoms in total. The van der Waals surface area contributed by atoms with E-state index in [1.165, 1.54) is 31.2 Å². The van der Waals surface area contributed by atoms with Crippen LogP contribution < -0.4 is 0 Å². The van der Waals surface area contributed by atoms with Crippen molar-refractivity contribution in [2.24, 2.45) is 4.99 Å². The lowest BCUT2D eigenvalue weighted by atomic mass is 10.0. The third-order valence-corrected chi connectivity index (χ3v) is 4.84. The molecule has 3 rings (SSSR count).